The second-order valence-electron chi connectivity index (χ2n) is 3.35. The van der Waals surface area contributed by atoms with Crippen molar-refractivity contribution < 1.29 is 9.47 Å². The third kappa shape index (κ3) is 3.23. The molecule has 2 aromatic rings. The molecule has 2 rings (SSSR count). The molecule has 1 aromatic heterocycles. The molecule has 0 amide bonds. The van der Waals surface area contributed by atoms with Gasteiger partial charge in [0.2, 0.25) is 0 Å². The first kappa shape index (κ1) is 12.0. The molecule has 0 fully saturated rings. The molecular weight excluding hydrogens is 238 g/mol. The first-order chi connectivity index (χ1) is 8.31. The molecule has 6 heteroatoms. The zero-order valence-electron chi connectivity index (χ0n) is 9.42. The van der Waals surface area contributed by atoms with E-state index in [1.54, 1.807) is 7.11 Å². The van der Waals surface area contributed by atoms with Crippen molar-refractivity contribution in [2.75, 3.05) is 7.11 Å². The summed E-state index contributed by atoms with van der Waals surface area (Å²) < 4.78 is 10.6. The van der Waals surface area contributed by atoms with Crippen molar-refractivity contribution in [3.63, 3.8) is 0 Å². The Hall–Kier alpha value is -1.50. The summed E-state index contributed by atoms with van der Waals surface area (Å²) in [7, 11) is 1.66. The Labute approximate surface area is 103 Å². The van der Waals surface area contributed by atoms with E-state index >= 15 is 0 Å². The zero-order valence-corrected chi connectivity index (χ0v) is 10.2. The minimum atomic E-state index is 0.380. The number of benzene rings is 1. The van der Waals surface area contributed by atoms with Crippen LogP contribution in [0.3, 0.4) is 0 Å². The highest BCUT2D eigenvalue weighted by atomic mass is 32.1. The van der Waals surface area contributed by atoms with Gasteiger partial charge in [-0.2, -0.15) is 0 Å². The number of nitrogens with zero attached hydrogens (tertiary/aromatic N) is 2. The van der Waals surface area contributed by atoms with Crippen molar-refractivity contribution in [3.05, 3.63) is 34.8 Å². The van der Waals surface area contributed by atoms with Gasteiger partial charge in [-0.05, 0) is 17.7 Å². The summed E-state index contributed by atoms with van der Waals surface area (Å²) in [5.74, 6) is 0.722. The Balaban J connectivity index is 2.09. The number of ether oxygens (including phenoxy) is 2. The SMILES string of the molecule is COCc1cccc(Oc2nnc(CN)s2)c1. The molecule has 5 nitrogen and oxygen atoms in total. The van der Waals surface area contributed by atoms with Crippen molar-refractivity contribution in [1.82, 2.24) is 10.2 Å². The van der Waals surface area contributed by atoms with Crippen molar-refractivity contribution in [2.45, 2.75) is 13.2 Å². The fraction of sp³-hybridized carbons (Fsp3) is 0.273. The van der Waals surface area contributed by atoms with Crippen LogP contribution >= 0.6 is 11.3 Å². The first-order valence-corrected chi connectivity index (χ1v) is 5.91. The van der Waals surface area contributed by atoms with E-state index in [1.165, 1.54) is 11.3 Å². The molecule has 0 spiro atoms. The van der Waals surface area contributed by atoms with E-state index in [2.05, 4.69) is 10.2 Å². The number of hydrogen-bond donors (Lipinski definition) is 1. The molecule has 0 radical (unpaired) electrons. The van der Waals surface area contributed by atoms with Gasteiger partial charge in [-0.25, -0.2) is 0 Å². The summed E-state index contributed by atoms with van der Waals surface area (Å²) in [4.78, 5) is 0. The number of nitrogens with two attached hydrogens (primary N) is 1. The molecule has 17 heavy (non-hydrogen) atoms. The summed E-state index contributed by atoms with van der Waals surface area (Å²) >= 11 is 1.35. The van der Waals surface area contributed by atoms with Gasteiger partial charge in [0.05, 0.1) is 6.61 Å². The third-order valence-corrected chi connectivity index (χ3v) is 2.86. The van der Waals surface area contributed by atoms with E-state index in [-0.39, 0.29) is 0 Å². The number of methoxy groups -OCH3 is 1. The molecule has 0 unspecified atom stereocenters. The maximum atomic E-state index is 5.58. The standard InChI is InChI=1S/C11H13N3O2S/c1-15-7-8-3-2-4-9(5-8)16-11-14-13-10(6-12)17-11/h2-5H,6-7,12H2,1H3. The van der Waals surface area contributed by atoms with Crippen LogP contribution in [0.5, 0.6) is 10.9 Å². The van der Waals surface area contributed by atoms with Crippen LogP contribution in [0.25, 0.3) is 0 Å². The molecule has 1 aromatic carbocycles. The normalized spacial score (nSPS) is 10.5. The average Bonchev–Trinajstić information content (AvgIpc) is 2.78. The molecule has 0 saturated heterocycles. The fourth-order valence-corrected chi connectivity index (χ4v) is 1.91. The largest absolute Gasteiger partial charge is 0.430 e. The van der Waals surface area contributed by atoms with E-state index in [0.29, 0.717) is 18.3 Å². The van der Waals surface area contributed by atoms with Crippen LogP contribution in [0.2, 0.25) is 0 Å². The Kier molecular flexibility index (Phi) is 4.03. The lowest BCUT2D eigenvalue weighted by Gasteiger charge is -2.03. The maximum absolute atomic E-state index is 5.58. The highest BCUT2D eigenvalue weighted by Crippen LogP contribution is 2.25. The van der Waals surface area contributed by atoms with E-state index in [1.807, 2.05) is 24.3 Å². The molecule has 0 aliphatic heterocycles. The number of aromatic nitrogens is 2. The highest BCUT2D eigenvalue weighted by molar-refractivity contribution is 7.13. The molecule has 90 valence electrons. The molecule has 0 saturated carbocycles. The van der Waals surface area contributed by atoms with E-state index in [9.17, 15) is 0 Å². The summed E-state index contributed by atoms with van der Waals surface area (Å²) in [6.45, 7) is 0.937. The Bertz CT molecular complexity index is 487. The smallest absolute Gasteiger partial charge is 0.299 e. The van der Waals surface area contributed by atoms with Gasteiger partial charge in [-0.15, -0.1) is 5.10 Å². The topological polar surface area (TPSA) is 70.3 Å². The first-order valence-electron chi connectivity index (χ1n) is 5.10. The van der Waals surface area contributed by atoms with Gasteiger partial charge in [-0.1, -0.05) is 28.6 Å². The lowest BCUT2D eigenvalue weighted by atomic mass is 10.2. The van der Waals surface area contributed by atoms with Gasteiger partial charge in [0.1, 0.15) is 10.8 Å². The number of rotatable bonds is 5. The van der Waals surface area contributed by atoms with E-state index in [4.69, 9.17) is 15.2 Å². The Morgan fingerprint density at radius 3 is 2.94 bits per heavy atom. The lowest BCUT2D eigenvalue weighted by Crippen LogP contribution is -1.94. The van der Waals surface area contributed by atoms with Crippen LogP contribution in [0.15, 0.2) is 24.3 Å². The Morgan fingerprint density at radius 2 is 2.24 bits per heavy atom. The van der Waals surface area contributed by atoms with Gasteiger partial charge in [0, 0.05) is 13.7 Å². The Morgan fingerprint density at radius 1 is 1.35 bits per heavy atom. The van der Waals surface area contributed by atoms with Gasteiger partial charge in [0.15, 0.2) is 0 Å². The van der Waals surface area contributed by atoms with E-state index in [0.717, 1.165) is 16.3 Å². The second kappa shape index (κ2) is 5.72. The molecule has 2 N–H and O–H groups in total. The number of hydrogen-bond acceptors (Lipinski definition) is 6. The van der Waals surface area contributed by atoms with Crippen molar-refractivity contribution in [3.8, 4) is 10.9 Å². The van der Waals surface area contributed by atoms with Crippen LogP contribution in [-0.4, -0.2) is 17.3 Å². The predicted molar refractivity (Wildman–Crippen MR) is 65.0 cm³/mol. The van der Waals surface area contributed by atoms with Crippen molar-refractivity contribution in [1.29, 1.82) is 0 Å². The van der Waals surface area contributed by atoms with Crippen LogP contribution in [0.1, 0.15) is 10.6 Å². The monoisotopic (exact) mass is 251 g/mol. The van der Waals surface area contributed by atoms with Crippen LogP contribution in [0.4, 0.5) is 0 Å². The van der Waals surface area contributed by atoms with E-state index < -0.39 is 0 Å². The lowest BCUT2D eigenvalue weighted by molar-refractivity contribution is 0.184. The highest BCUT2D eigenvalue weighted by Gasteiger charge is 2.05. The average molecular weight is 251 g/mol. The van der Waals surface area contributed by atoms with Gasteiger partial charge >= 0.3 is 0 Å². The fourth-order valence-electron chi connectivity index (χ4n) is 1.33. The van der Waals surface area contributed by atoms with Crippen LogP contribution in [0, 0.1) is 0 Å². The zero-order chi connectivity index (χ0) is 12.1. The molecule has 0 aliphatic carbocycles. The van der Waals surface area contributed by atoms with Crippen molar-refractivity contribution in [2.24, 2.45) is 5.73 Å². The van der Waals surface area contributed by atoms with Crippen LogP contribution in [-0.2, 0) is 17.9 Å². The summed E-state index contributed by atoms with van der Waals surface area (Å²) in [5, 5.41) is 9.03. The van der Waals surface area contributed by atoms with Crippen molar-refractivity contribution >= 4 is 11.3 Å². The predicted octanol–water partition coefficient (Wildman–Crippen LogP) is 1.94. The molecular formula is C11H13N3O2S. The minimum absolute atomic E-state index is 0.380. The quantitative estimate of drug-likeness (QED) is 0.879. The van der Waals surface area contributed by atoms with Crippen LogP contribution < -0.4 is 10.5 Å². The van der Waals surface area contributed by atoms with Gasteiger partial charge in [0.25, 0.3) is 5.19 Å². The summed E-state index contributed by atoms with van der Waals surface area (Å²) in [6, 6.07) is 7.66. The molecule has 0 aliphatic rings. The van der Waals surface area contributed by atoms with Gasteiger partial charge < -0.3 is 15.2 Å². The second-order valence-corrected chi connectivity index (χ2v) is 4.37. The molecule has 0 bridgehead atoms. The van der Waals surface area contributed by atoms with Gasteiger partial charge in [-0.3, -0.25) is 0 Å². The molecule has 1 heterocycles. The third-order valence-electron chi connectivity index (χ3n) is 2.04. The summed E-state index contributed by atoms with van der Waals surface area (Å²) in [6.07, 6.45) is 0. The maximum Gasteiger partial charge on any atom is 0.299 e. The summed E-state index contributed by atoms with van der Waals surface area (Å²) in [5.41, 5.74) is 6.51. The molecule has 0 atom stereocenters. The minimum Gasteiger partial charge on any atom is -0.430 e.